The van der Waals surface area contributed by atoms with Crippen LogP contribution in [0.25, 0.3) is 0 Å². The number of nitrogens with zero attached hydrogens (tertiary/aromatic N) is 2. The Balaban J connectivity index is 1.79. The van der Waals surface area contributed by atoms with Crippen LogP contribution in [0.4, 0.5) is 13.2 Å². The van der Waals surface area contributed by atoms with Crippen molar-refractivity contribution in [1.82, 2.24) is 15.5 Å². The lowest BCUT2D eigenvalue weighted by Gasteiger charge is -2.32. The topological polar surface area (TPSA) is 48.9 Å². The number of nitrogens with one attached hydrogen (secondary N) is 2. The highest BCUT2D eigenvalue weighted by atomic mass is 19.4. The van der Waals surface area contributed by atoms with Gasteiger partial charge in [0.25, 0.3) is 0 Å². The molecule has 5 nitrogen and oxygen atoms in total. The number of rotatable bonds is 8. The van der Waals surface area contributed by atoms with E-state index in [0.29, 0.717) is 25.6 Å². The molecule has 1 aliphatic rings. The Hall–Kier alpha value is -1.96. The number of piperidine rings is 1. The Bertz CT molecular complexity index is 656. The predicted molar refractivity (Wildman–Crippen MR) is 110 cm³/mol. The summed E-state index contributed by atoms with van der Waals surface area (Å²) >= 11 is 0. The van der Waals surface area contributed by atoms with Gasteiger partial charge < -0.3 is 15.4 Å². The quantitative estimate of drug-likeness (QED) is 0.503. The van der Waals surface area contributed by atoms with Gasteiger partial charge in [0.15, 0.2) is 5.96 Å². The molecular weight excluding hydrogens is 381 g/mol. The van der Waals surface area contributed by atoms with Crippen molar-refractivity contribution in [3.63, 3.8) is 0 Å². The van der Waals surface area contributed by atoms with Crippen LogP contribution in [-0.4, -0.2) is 56.9 Å². The van der Waals surface area contributed by atoms with E-state index in [1.165, 1.54) is 4.90 Å². The highest BCUT2D eigenvalue weighted by Gasteiger charge is 2.32. The molecule has 8 heteroatoms. The minimum absolute atomic E-state index is 0.451. The van der Waals surface area contributed by atoms with Gasteiger partial charge in [-0.3, -0.25) is 4.90 Å². The van der Waals surface area contributed by atoms with Gasteiger partial charge in [0, 0.05) is 18.7 Å². The summed E-state index contributed by atoms with van der Waals surface area (Å²) in [4.78, 5) is 6.14. The number of methoxy groups -OCH3 is 1. The summed E-state index contributed by atoms with van der Waals surface area (Å²) in [5, 5.41) is 6.58. The maximum absolute atomic E-state index is 12.5. The van der Waals surface area contributed by atoms with Gasteiger partial charge in [0.2, 0.25) is 0 Å². The van der Waals surface area contributed by atoms with Gasteiger partial charge in [-0.15, -0.1) is 0 Å². The first-order chi connectivity index (χ1) is 13.8. The number of ether oxygens (including phenoxy) is 1. The van der Waals surface area contributed by atoms with Crippen molar-refractivity contribution < 1.29 is 17.9 Å². The summed E-state index contributed by atoms with van der Waals surface area (Å²) in [6, 6.07) is 6.06. The van der Waals surface area contributed by atoms with Crippen LogP contribution >= 0.6 is 0 Å². The van der Waals surface area contributed by atoms with E-state index in [1.54, 1.807) is 7.11 Å². The molecule has 0 amide bonds. The van der Waals surface area contributed by atoms with E-state index in [0.717, 1.165) is 55.2 Å². The van der Waals surface area contributed by atoms with Crippen molar-refractivity contribution in [2.75, 3.05) is 39.8 Å². The summed E-state index contributed by atoms with van der Waals surface area (Å²) in [6.07, 6.45) is -1.55. The average Bonchev–Trinajstić information content (AvgIpc) is 2.67. The third kappa shape index (κ3) is 8.51. The number of benzene rings is 1. The highest BCUT2D eigenvalue weighted by molar-refractivity contribution is 5.79. The standard InChI is InChI=1S/C21H33F3N4O/c1-4-25-20(27-14-18-6-5-16(2)13-19(18)29-3)26-10-7-17-8-11-28(12-9-17)15-21(22,23)24/h5-6,13,17H,4,7-12,14-15H2,1-3H3,(H2,25,26,27). The molecule has 1 aromatic carbocycles. The fourth-order valence-electron chi connectivity index (χ4n) is 3.57. The number of hydrogen-bond acceptors (Lipinski definition) is 3. The fraction of sp³-hybridized carbons (Fsp3) is 0.667. The Morgan fingerprint density at radius 2 is 1.97 bits per heavy atom. The largest absolute Gasteiger partial charge is 0.496 e. The van der Waals surface area contributed by atoms with E-state index in [4.69, 9.17) is 4.74 Å². The van der Waals surface area contributed by atoms with Crippen LogP contribution in [0.15, 0.2) is 23.2 Å². The molecule has 29 heavy (non-hydrogen) atoms. The Morgan fingerprint density at radius 3 is 2.59 bits per heavy atom. The number of aliphatic imine (C=N–C) groups is 1. The number of likely N-dealkylation sites (tertiary alicyclic amines) is 1. The van der Waals surface area contributed by atoms with E-state index in [-0.39, 0.29) is 0 Å². The monoisotopic (exact) mass is 414 g/mol. The molecule has 2 N–H and O–H groups in total. The zero-order valence-electron chi connectivity index (χ0n) is 17.6. The molecule has 0 spiro atoms. The Labute approximate surface area is 171 Å². The van der Waals surface area contributed by atoms with E-state index >= 15 is 0 Å². The first kappa shape index (κ1) is 23.3. The van der Waals surface area contributed by atoms with Crippen LogP contribution < -0.4 is 15.4 Å². The molecular formula is C21H33F3N4O. The second kappa shape index (κ2) is 11.3. The average molecular weight is 415 g/mol. The van der Waals surface area contributed by atoms with Gasteiger partial charge in [0.1, 0.15) is 5.75 Å². The van der Waals surface area contributed by atoms with Crippen LogP contribution in [0, 0.1) is 12.8 Å². The first-order valence-corrected chi connectivity index (χ1v) is 10.3. The number of hydrogen-bond donors (Lipinski definition) is 2. The van der Waals surface area contributed by atoms with Crippen LogP contribution in [0.5, 0.6) is 5.75 Å². The molecule has 0 aliphatic carbocycles. The molecule has 164 valence electrons. The van der Waals surface area contributed by atoms with E-state index in [1.807, 2.05) is 32.0 Å². The summed E-state index contributed by atoms with van der Waals surface area (Å²) in [5.74, 6) is 2.02. The summed E-state index contributed by atoms with van der Waals surface area (Å²) in [7, 11) is 1.66. The molecule has 0 unspecified atom stereocenters. The maximum Gasteiger partial charge on any atom is 0.401 e. The summed E-state index contributed by atoms with van der Waals surface area (Å²) in [6.45, 7) is 6.30. The molecule has 1 fully saturated rings. The number of alkyl halides is 3. The lowest BCUT2D eigenvalue weighted by Crippen LogP contribution is -2.41. The molecule has 0 radical (unpaired) electrons. The minimum atomic E-state index is -4.11. The van der Waals surface area contributed by atoms with Crippen molar-refractivity contribution in [1.29, 1.82) is 0 Å². The van der Waals surface area contributed by atoms with Crippen molar-refractivity contribution in [3.05, 3.63) is 29.3 Å². The van der Waals surface area contributed by atoms with E-state index in [9.17, 15) is 13.2 Å². The molecule has 0 aromatic heterocycles. The zero-order valence-corrected chi connectivity index (χ0v) is 17.6. The number of halogens is 3. The smallest absolute Gasteiger partial charge is 0.401 e. The van der Waals surface area contributed by atoms with E-state index in [2.05, 4.69) is 15.6 Å². The van der Waals surface area contributed by atoms with Crippen LogP contribution in [0.3, 0.4) is 0 Å². The third-order valence-corrected chi connectivity index (χ3v) is 5.15. The molecule has 1 heterocycles. The highest BCUT2D eigenvalue weighted by Crippen LogP contribution is 2.24. The first-order valence-electron chi connectivity index (χ1n) is 10.3. The SMILES string of the molecule is CCNC(=NCc1ccc(C)cc1OC)NCCC1CCN(CC(F)(F)F)CC1. The van der Waals surface area contributed by atoms with Crippen LogP contribution in [0.2, 0.25) is 0 Å². The zero-order chi connectivity index (χ0) is 21.3. The normalized spacial score (nSPS) is 16.7. The summed E-state index contributed by atoms with van der Waals surface area (Å²) in [5.41, 5.74) is 2.16. The Kier molecular flexibility index (Phi) is 9.07. The van der Waals surface area contributed by atoms with Crippen molar-refractivity contribution in [2.45, 2.75) is 45.8 Å². The lowest BCUT2D eigenvalue weighted by molar-refractivity contribution is -0.148. The fourth-order valence-corrected chi connectivity index (χ4v) is 3.57. The van der Waals surface area contributed by atoms with Gasteiger partial charge >= 0.3 is 6.18 Å². The minimum Gasteiger partial charge on any atom is -0.496 e. The maximum atomic E-state index is 12.5. The van der Waals surface area contributed by atoms with Crippen molar-refractivity contribution in [3.8, 4) is 5.75 Å². The van der Waals surface area contributed by atoms with Crippen LogP contribution in [-0.2, 0) is 6.54 Å². The van der Waals surface area contributed by atoms with Crippen LogP contribution in [0.1, 0.15) is 37.3 Å². The molecule has 1 aromatic rings. The van der Waals surface area contributed by atoms with Gasteiger partial charge in [-0.1, -0.05) is 12.1 Å². The summed E-state index contributed by atoms with van der Waals surface area (Å²) < 4.78 is 42.9. The second-order valence-corrected chi connectivity index (χ2v) is 7.56. The molecule has 0 bridgehead atoms. The molecule has 0 saturated carbocycles. The molecule has 2 rings (SSSR count). The van der Waals surface area contributed by atoms with Gasteiger partial charge in [-0.2, -0.15) is 13.2 Å². The van der Waals surface area contributed by atoms with Crippen molar-refractivity contribution in [2.24, 2.45) is 10.9 Å². The number of guanidine groups is 1. The van der Waals surface area contributed by atoms with Gasteiger partial charge in [-0.25, -0.2) is 4.99 Å². The molecule has 1 saturated heterocycles. The second-order valence-electron chi connectivity index (χ2n) is 7.56. The van der Waals surface area contributed by atoms with Gasteiger partial charge in [0.05, 0.1) is 20.2 Å². The third-order valence-electron chi connectivity index (χ3n) is 5.15. The van der Waals surface area contributed by atoms with Crippen molar-refractivity contribution >= 4 is 5.96 Å². The predicted octanol–water partition coefficient (Wildman–Crippen LogP) is 3.72. The Morgan fingerprint density at radius 1 is 1.24 bits per heavy atom. The van der Waals surface area contributed by atoms with Gasteiger partial charge in [-0.05, 0) is 63.7 Å². The van der Waals surface area contributed by atoms with E-state index < -0.39 is 12.7 Å². The molecule has 0 atom stereocenters. The molecule has 1 aliphatic heterocycles. The lowest BCUT2D eigenvalue weighted by atomic mass is 9.93. The number of aryl methyl sites for hydroxylation is 1.